The SMILES string of the molecule is COc1cc2c(cc1O)c(N[C@H](C)c1cccc(C(F)(F)F)c1)nc1ccnn12. The van der Waals surface area contributed by atoms with Crippen molar-refractivity contribution in [3.05, 3.63) is 59.8 Å². The van der Waals surface area contributed by atoms with Gasteiger partial charge in [0.15, 0.2) is 17.1 Å². The number of benzene rings is 2. The van der Waals surface area contributed by atoms with Gasteiger partial charge in [0.25, 0.3) is 0 Å². The number of alkyl halides is 3. The molecule has 150 valence electrons. The monoisotopic (exact) mass is 402 g/mol. The molecule has 0 amide bonds. The van der Waals surface area contributed by atoms with E-state index in [1.54, 1.807) is 35.8 Å². The van der Waals surface area contributed by atoms with Crippen LogP contribution < -0.4 is 10.1 Å². The van der Waals surface area contributed by atoms with E-state index in [4.69, 9.17) is 4.74 Å². The molecule has 2 N–H and O–H groups in total. The molecular formula is C20H17F3N4O2. The van der Waals surface area contributed by atoms with Crippen molar-refractivity contribution in [2.75, 3.05) is 12.4 Å². The lowest BCUT2D eigenvalue weighted by molar-refractivity contribution is -0.137. The van der Waals surface area contributed by atoms with E-state index >= 15 is 0 Å². The van der Waals surface area contributed by atoms with Gasteiger partial charge in [0.05, 0.1) is 24.4 Å². The number of methoxy groups -OCH3 is 1. The van der Waals surface area contributed by atoms with Gasteiger partial charge in [0.2, 0.25) is 0 Å². The van der Waals surface area contributed by atoms with Crippen LogP contribution in [0.25, 0.3) is 16.6 Å². The van der Waals surface area contributed by atoms with Gasteiger partial charge in [0.1, 0.15) is 5.82 Å². The second kappa shape index (κ2) is 6.84. The average Bonchev–Trinajstić information content (AvgIpc) is 3.15. The van der Waals surface area contributed by atoms with Crippen LogP contribution in [-0.2, 0) is 6.18 Å². The molecule has 4 aromatic rings. The van der Waals surface area contributed by atoms with Gasteiger partial charge in [-0.05, 0) is 30.7 Å². The van der Waals surface area contributed by atoms with Crippen LogP contribution in [0.5, 0.6) is 11.5 Å². The predicted molar refractivity (Wildman–Crippen MR) is 102 cm³/mol. The van der Waals surface area contributed by atoms with Gasteiger partial charge in [-0.25, -0.2) is 9.50 Å². The summed E-state index contributed by atoms with van der Waals surface area (Å²) in [5.74, 6) is 0.608. The number of phenols is 1. The van der Waals surface area contributed by atoms with Crippen molar-refractivity contribution in [1.82, 2.24) is 14.6 Å². The van der Waals surface area contributed by atoms with E-state index in [9.17, 15) is 18.3 Å². The number of phenolic OH excluding ortho intramolecular Hbond substituents is 1. The second-order valence-corrected chi connectivity index (χ2v) is 6.59. The lowest BCUT2D eigenvalue weighted by Crippen LogP contribution is -2.12. The highest BCUT2D eigenvalue weighted by molar-refractivity contribution is 5.93. The summed E-state index contributed by atoms with van der Waals surface area (Å²) in [7, 11) is 1.44. The summed E-state index contributed by atoms with van der Waals surface area (Å²) >= 11 is 0. The van der Waals surface area contributed by atoms with Gasteiger partial charge >= 0.3 is 6.18 Å². The second-order valence-electron chi connectivity index (χ2n) is 6.59. The van der Waals surface area contributed by atoms with Crippen molar-refractivity contribution in [3.8, 4) is 11.5 Å². The van der Waals surface area contributed by atoms with E-state index in [2.05, 4.69) is 15.4 Å². The molecule has 0 aliphatic carbocycles. The summed E-state index contributed by atoms with van der Waals surface area (Å²) in [5, 5.41) is 18.1. The molecule has 4 rings (SSSR count). The van der Waals surface area contributed by atoms with Crippen molar-refractivity contribution in [1.29, 1.82) is 0 Å². The summed E-state index contributed by atoms with van der Waals surface area (Å²) in [6.07, 6.45) is -2.83. The van der Waals surface area contributed by atoms with Crippen LogP contribution in [0, 0.1) is 0 Å². The van der Waals surface area contributed by atoms with Crippen molar-refractivity contribution in [2.24, 2.45) is 0 Å². The molecule has 9 heteroatoms. The van der Waals surface area contributed by atoms with Crippen molar-refractivity contribution in [2.45, 2.75) is 19.1 Å². The molecule has 0 bridgehead atoms. The Morgan fingerprint density at radius 1 is 1.17 bits per heavy atom. The molecule has 0 unspecified atom stereocenters. The highest BCUT2D eigenvalue weighted by Crippen LogP contribution is 2.36. The van der Waals surface area contributed by atoms with Crippen molar-refractivity contribution < 1.29 is 23.0 Å². The third-order valence-electron chi connectivity index (χ3n) is 4.70. The Kier molecular flexibility index (Phi) is 4.45. The minimum atomic E-state index is -4.42. The Balaban J connectivity index is 1.80. The largest absolute Gasteiger partial charge is 0.504 e. The van der Waals surface area contributed by atoms with E-state index in [0.717, 1.165) is 12.1 Å². The Morgan fingerprint density at radius 2 is 1.97 bits per heavy atom. The smallest absolute Gasteiger partial charge is 0.416 e. The number of hydrogen-bond acceptors (Lipinski definition) is 5. The van der Waals surface area contributed by atoms with Crippen LogP contribution in [0.3, 0.4) is 0 Å². The highest BCUT2D eigenvalue weighted by Gasteiger charge is 2.30. The zero-order valence-corrected chi connectivity index (χ0v) is 15.5. The standard InChI is InChI=1S/C20H17F3N4O2/c1-11(12-4-3-5-13(8-12)20(21,22)23)25-19-14-9-16(28)17(29-2)10-15(14)27-18(26-19)6-7-24-27/h3-11,28H,1-2H3,(H,25,26)/t11-/m1/s1. The minimum Gasteiger partial charge on any atom is -0.504 e. The van der Waals surface area contributed by atoms with E-state index in [1.807, 2.05) is 0 Å². The first kappa shape index (κ1) is 18.9. The topological polar surface area (TPSA) is 71.7 Å². The van der Waals surface area contributed by atoms with Gasteiger partial charge in [-0.15, -0.1) is 0 Å². The van der Waals surface area contributed by atoms with Gasteiger partial charge in [0, 0.05) is 23.6 Å². The summed E-state index contributed by atoms with van der Waals surface area (Å²) in [6, 6.07) is 9.49. The quantitative estimate of drug-likeness (QED) is 0.514. The number of hydrogen-bond donors (Lipinski definition) is 2. The third kappa shape index (κ3) is 3.39. The van der Waals surface area contributed by atoms with Gasteiger partial charge in [-0.2, -0.15) is 18.3 Å². The molecule has 1 atom stereocenters. The lowest BCUT2D eigenvalue weighted by atomic mass is 10.0. The van der Waals surface area contributed by atoms with E-state index in [1.165, 1.54) is 19.2 Å². The van der Waals surface area contributed by atoms with E-state index in [-0.39, 0.29) is 11.5 Å². The lowest BCUT2D eigenvalue weighted by Gasteiger charge is -2.19. The average molecular weight is 402 g/mol. The molecule has 0 radical (unpaired) electrons. The van der Waals surface area contributed by atoms with Crippen LogP contribution in [0.1, 0.15) is 24.1 Å². The fourth-order valence-electron chi connectivity index (χ4n) is 3.21. The summed E-state index contributed by atoms with van der Waals surface area (Å²) < 4.78 is 45.9. The molecule has 2 aromatic carbocycles. The van der Waals surface area contributed by atoms with Gasteiger partial charge < -0.3 is 15.2 Å². The molecule has 0 aliphatic heterocycles. The predicted octanol–water partition coefficient (Wildman–Crippen LogP) is 4.79. The van der Waals surface area contributed by atoms with Crippen LogP contribution in [0.4, 0.5) is 19.0 Å². The maximum absolute atomic E-state index is 13.0. The summed E-state index contributed by atoms with van der Waals surface area (Å²) in [5.41, 5.74) is 0.924. The first-order valence-electron chi connectivity index (χ1n) is 8.76. The zero-order valence-electron chi connectivity index (χ0n) is 15.5. The molecule has 0 aliphatic rings. The maximum atomic E-state index is 13.0. The molecule has 6 nitrogen and oxygen atoms in total. The minimum absolute atomic E-state index is 0.0805. The highest BCUT2D eigenvalue weighted by atomic mass is 19.4. The Bertz CT molecular complexity index is 1200. The number of rotatable bonds is 4. The molecule has 29 heavy (non-hydrogen) atoms. The molecule has 0 saturated carbocycles. The molecule has 2 heterocycles. The first-order valence-corrected chi connectivity index (χ1v) is 8.76. The van der Waals surface area contributed by atoms with Crippen LogP contribution >= 0.6 is 0 Å². The Morgan fingerprint density at radius 3 is 2.69 bits per heavy atom. The Hall–Kier alpha value is -3.49. The molecule has 0 spiro atoms. The summed E-state index contributed by atoms with van der Waals surface area (Å²) in [6.45, 7) is 1.74. The fourth-order valence-corrected chi connectivity index (χ4v) is 3.21. The normalized spacial score (nSPS) is 13.0. The fraction of sp³-hybridized carbons (Fsp3) is 0.200. The van der Waals surface area contributed by atoms with Crippen LogP contribution in [-0.4, -0.2) is 26.8 Å². The number of aromatic nitrogens is 3. The number of aromatic hydroxyl groups is 1. The number of ether oxygens (including phenoxy) is 1. The number of nitrogens with zero attached hydrogens (tertiary/aromatic N) is 3. The number of fused-ring (bicyclic) bond motifs is 3. The third-order valence-corrected chi connectivity index (χ3v) is 4.70. The maximum Gasteiger partial charge on any atom is 0.416 e. The van der Waals surface area contributed by atoms with E-state index < -0.39 is 17.8 Å². The first-order chi connectivity index (χ1) is 13.8. The number of halogens is 3. The summed E-state index contributed by atoms with van der Waals surface area (Å²) in [4.78, 5) is 4.51. The number of nitrogens with one attached hydrogen (secondary N) is 1. The molecular weight excluding hydrogens is 385 g/mol. The van der Waals surface area contributed by atoms with Crippen LogP contribution in [0.2, 0.25) is 0 Å². The van der Waals surface area contributed by atoms with Crippen molar-refractivity contribution in [3.63, 3.8) is 0 Å². The molecule has 0 fully saturated rings. The number of anilines is 1. The van der Waals surface area contributed by atoms with Crippen LogP contribution in [0.15, 0.2) is 48.7 Å². The molecule has 0 saturated heterocycles. The van der Waals surface area contributed by atoms with Crippen molar-refractivity contribution >= 4 is 22.4 Å². The van der Waals surface area contributed by atoms with Gasteiger partial charge in [-0.3, -0.25) is 0 Å². The zero-order chi connectivity index (χ0) is 20.8. The van der Waals surface area contributed by atoms with E-state index in [0.29, 0.717) is 27.9 Å². The Labute approximate surface area is 163 Å². The molecule has 2 aromatic heterocycles. The van der Waals surface area contributed by atoms with Gasteiger partial charge in [-0.1, -0.05) is 12.1 Å².